The van der Waals surface area contributed by atoms with Gasteiger partial charge in [0.1, 0.15) is 0 Å². The van der Waals surface area contributed by atoms with E-state index in [2.05, 4.69) is 35.9 Å². The Balaban J connectivity index is 2.74. The van der Waals surface area contributed by atoms with Crippen molar-refractivity contribution in [3.05, 3.63) is 29.7 Å². The predicted octanol–water partition coefficient (Wildman–Crippen LogP) is 3.47. The number of hydrogen-bond acceptors (Lipinski definition) is 1. The zero-order valence-corrected chi connectivity index (χ0v) is 8.26. The van der Waals surface area contributed by atoms with Crippen molar-refractivity contribution in [2.75, 3.05) is 0 Å². The first kappa shape index (κ1) is 8.60. The second kappa shape index (κ2) is 3.77. The van der Waals surface area contributed by atoms with Crippen LogP contribution in [0.3, 0.4) is 0 Å². The number of alkyl halides is 1. The van der Waals surface area contributed by atoms with Crippen molar-refractivity contribution in [2.24, 2.45) is 0 Å². The van der Waals surface area contributed by atoms with E-state index in [-0.39, 0.29) is 0 Å². The Morgan fingerprint density at radius 2 is 2.45 bits per heavy atom. The molecule has 0 aliphatic heterocycles. The highest BCUT2D eigenvalue weighted by atomic mass is 79.9. The molecule has 1 aromatic rings. The molecule has 0 saturated heterocycles. The van der Waals surface area contributed by atoms with Crippen molar-refractivity contribution < 1.29 is 4.42 Å². The van der Waals surface area contributed by atoms with Gasteiger partial charge in [-0.1, -0.05) is 27.6 Å². The normalized spacial score (nSPS) is 15.0. The van der Waals surface area contributed by atoms with Crippen LogP contribution in [0.1, 0.15) is 19.4 Å². The highest BCUT2D eigenvalue weighted by molar-refractivity contribution is 9.09. The van der Waals surface area contributed by atoms with Crippen LogP contribution in [0.4, 0.5) is 0 Å². The van der Waals surface area contributed by atoms with Crippen molar-refractivity contribution >= 4 is 22.0 Å². The molecule has 0 amide bonds. The SMILES string of the molecule is C/C(=C\c1ccoc1)C(C)Br. The third kappa shape index (κ3) is 2.54. The molecule has 1 nitrogen and oxygen atoms in total. The van der Waals surface area contributed by atoms with Crippen molar-refractivity contribution in [2.45, 2.75) is 18.7 Å². The van der Waals surface area contributed by atoms with Gasteiger partial charge in [0, 0.05) is 10.4 Å². The smallest absolute Gasteiger partial charge is 0.0974 e. The maximum Gasteiger partial charge on any atom is 0.0974 e. The fourth-order valence-corrected chi connectivity index (χ4v) is 0.867. The van der Waals surface area contributed by atoms with E-state index in [9.17, 15) is 0 Å². The lowest BCUT2D eigenvalue weighted by molar-refractivity contribution is 0.567. The molecule has 0 saturated carbocycles. The summed E-state index contributed by atoms with van der Waals surface area (Å²) in [5.41, 5.74) is 2.42. The van der Waals surface area contributed by atoms with Crippen molar-refractivity contribution in [1.82, 2.24) is 0 Å². The molecule has 0 bridgehead atoms. The van der Waals surface area contributed by atoms with Gasteiger partial charge in [-0.15, -0.1) is 0 Å². The molecular weight excluding hydrogens is 204 g/mol. The largest absolute Gasteiger partial charge is 0.472 e. The fourth-order valence-electron chi connectivity index (χ4n) is 0.735. The molecule has 1 rings (SSSR count). The van der Waals surface area contributed by atoms with E-state index in [0.29, 0.717) is 4.83 Å². The van der Waals surface area contributed by atoms with Crippen LogP contribution < -0.4 is 0 Å². The van der Waals surface area contributed by atoms with Gasteiger partial charge >= 0.3 is 0 Å². The Morgan fingerprint density at radius 3 is 2.91 bits per heavy atom. The molecule has 0 fully saturated rings. The average molecular weight is 215 g/mol. The zero-order valence-electron chi connectivity index (χ0n) is 6.67. The summed E-state index contributed by atoms with van der Waals surface area (Å²) in [5.74, 6) is 0. The molecular formula is C9H11BrO. The van der Waals surface area contributed by atoms with Crippen molar-refractivity contribution in [3.8, 4) is 0 Å². The number of allylic oxidation sites excluding steroid dienone is 1. The Bertz CT molecular complexity index is 234. The molecule has 1 unspecified atom stereocenters. The Morgan fingerprint density at radius 1 is 1.73 bits per heavy atom. The predicted molar refractivity (Wildman–Crippen MR) is 50.7 cm³/mol. The minimum atomic E-state index is 0.428. The molecule has 11 heavy (non-hydrogen) atoms. The van der Waals surface area contributed by atoms with Gasteiger partial charge in [-0.05, 0) is 19.9 Å². The topological polar surface area (TPSA) is 13.1 Å². The number of hydrogen-bond donors (Lipinski definition) is 0. The maximum atomic E-state index is 4.94. The van der Waals surface area contributed by atoms with E-state index in [1.807, 2.05) is 6.07 Å². The minimum Gasteiger partial charge on any atom is -0.472 e. The van der Waals surface area contributed by atoms with Gasteiger partial charge in [-0.2, -0.15) is 0 Å². The summed E-state index contributed by atoms with van der Waals surface area (Å²) in [6, 6.07) is 1.94. The van der Waals surface area contributed by atoms with E-state index < -0.39 is 0 Å². The third-order valence-electron chi connectivity index (χ3n) is 1.56. The second-order valence-corrected chi connectivity index (χ2v) is 3.93. The maximum absolute atomic E-state index is 4.94. The molecule has 1 heterocycles. The third-order valence-corrected chi connectivity index (χ3v) is 2.29. The lowest BCUT2D eigenvalue weighted by Gasteiger charge is -2.00. The van der Waals surface area contributed by atoms with Gasteiger partial charge in [0.05, 0.1) is 12.5 Å². The van der Waals surface area contributed by atoms with Crippen LogP contribution in [-0.2, 0) is 0 Å². The van der Waals surface area contributed by atoms with Crippen molar-refractivity contribution in [1.29, 1.82) is 0 Å². The molecule has 2 heteroatoms. The van der Waals surface area contributed by atoms with Gasteiger partial charge in [-0.25, -0.2) is 0 Å². The van der Waals surface area contributed by atoms with Gasteiger partial charge in [0.15, 0.2) is 0 Å². The lowest BCUT2D eigenvalue weighted by Crippen LogP contribution is -1.89. The van der Waals surface area contributed by atoms with E-state index in [1.54, 1.807) is 12.5 Å². The van der Waals surface area contributed by atoms with Crippen LogP contribution in [0.15, 0.2) is 28.6 Å². The van der Waals surface area contributed by atoms with Gasteiger partial charge in [0.25, 0.3) is 0 Å². The fraction of sp³-hybridized carbons (Fsp3) is 0.333. The minimum absolute atomic E-state index is 0.428. The highest BCUT2D eigenvalue weighted by Crippen LogP contribution is 2.14. The number of halogens is 1. The zero-order chi connectivity index (χ0) is 8.27. The van der Waals surface area contributed by atoms with E-state index in [0.717, 1.165) is 5.56 Å². The first-order chi connectivity index (χ1) is 5.20. The monoisotopic (exact) mass is 214 g/mol. The lowest BCUT2D eigenvalue weighted by atomic mass is 10.2. The average Bonchev–Trinajstić information content (AvgIpc) is 2.39. The van der Waals surface area contributed by atoms with E-state index in [4.69, 9.17) is 4.42 Å². The van der Waals surface area contributed by atoms with Crippen LogP contribution in [-0.4, -0.2) is 4.83 Å². The number of furan rings is 1. The summed E-state index contributed by atoms with van der Waals surface area (Å²) in [7, 11) is 0. The second-order valence-electron chi connectivity index (χ2n) is 2.56. The molecule has 0 N–H and O–H groups in total. The molecule has 0 aliphatic carbocycles. The quantitative estimate of drug-likeness (QED) is 0.688. The molecule has 0 aromatic carbocycles. The Labute approximate surface area is 75.2 Å². The van der Waals surface area contributed by atoms with Gasteiger partial charge in [0.2, 0.25) is 0 Å². The molecule has 60 valence electrons. The summed E-state index contributed by atoms with van der Waals surface area (Å²) in [4.78, 5) is 0.428. The van der Waals surface area contributed by atoms with Gasteiger partial charge in [-0.3, -0.25) is 0 Å². The van der Waals surface area contributed by atoms with Crippen molar-refractivity contribution in [3.63, 3.8) is 0 Å². The summed E-state index contributed by atoms with van der Waals surface area (Å²) < 4.78 is 4.94. The number of rotatable bonds is 2. The van der Waals surface area contributed by atoms with Crippen LogP contribution >= 0.6 is 15.9 Å². The van der Waals surface area contributed by atoms with Crippen LogP contribution in [0.2, 0.25) is 0 Å². The first-order valence-electron chi connectivity index (χ1n) is 3.54. The Kier molecular flexibility index (Phi) is 2.94. The molecule has 1 aromatic heterocycles. The van der Waals surface area contributed by atoms with Gasteiger partial charge < -0.3 is 4.42 Å². The molecule has 0 radical (unpaired) electrons. The standard InChI is InChI=1S/C9H11BrO/c1-7(8(2)10)5-9-3-4-11-6-9/h3-6,8H,1-2H3/b7-5+. The van der Waals surface area contributed by atoms with Crippen LogP contribution in [0.25, 0.3) is 6.08 Å². The molecule has 0 spiro atoms. The van der Waals surface area contributed by atoms with E-state index >= 15 is 0 Å². The highest BCUT2D eigenvalue weighted by Gasteiger charge is 1.97. The summed E-state index contributed by atoms with van der Waals surface area (Å²) in [6.45, 7) is 4.19. The summed E-state index contributed by atoms with van der Waals surface area (Å²) in [5, 5.41) is 0. The first-order valence-corrected chi connectivity index (χ1v) is 4.46. The summed E-state index contributed by atoms with van der Waals surface area (Å²) >= 11 is 3.49. The summed E-state index contributed by atoms with van der Waals surface area (Å²) in [6.07, 6.45) is 5.51. The van der Waals surface area contributed by atoms with Crippen LogP contribution in [0, 0.1) is 0 Å². The van der Waals surface area contributed by atoms with E-state index in [1.165, 1.54) is 5.57 Å². The molecule has 1 atom stereocenters. The van der Waals surface area contributed by atoms with Crippen LogP contribution in [0.5, 0.6) is 0 Å². The Hall–Kier alpha value is -0.500. The molecule has 0 aliphatic rings.